The predicted molar refractivity (Wildman–Crippen MR) is 106 cm³/mol. The largest absolute Gasteiger partial charge is 0.324 e. The number of nitro groups is 2. The summed E-state index contributed by atoms with van der Waals surface area (Å²) in [6.07, 6.45) is 0.936. The molecule has 2 rings (SSSR count). The molecule has 0 aliphatic rings. The Hall–Kier alpha value is -3.54. The molecule has 0 radical (unpaired) electrons. The fourth-order valence-corrected chi connectivity index (χ4v) is 3.93. The van der Waals surface area contributed by atoms with Crippen molar-refractivity contribution in [2.24, 2.45) is 0 Å². The summed E-state index contributed by atoms with van der Waals surface area (Å²) in [6, 6.07) is 8.89. The molecule has 11 nitrogen and oxygen atoms in total. The molecule has 1 atom stereocenters. The van der Waals surface area contributed by atoms with Crippen molar-refractivity contribution in [3.05, 3.63) is 68.8 Å². The van der Waals surface area contributed by atoms with Crippen molar-refractivity contribution in [3.63, 3.8) is 0 Å². The van der Waals surface area contributed by atoms with E-state index in [-0.39, 0.29) is 29.2 Å². The Kier molecular flexibility index (Phi) is 6.49. The van der Waals surface area contributed by atoms with Gasteiger partial charge in [-0.1, -0.05) is 19.1 Å². The molecular formula is C17H18N4O7S. The minimum absolute atomic E-state index is 0.0391. The standard InChI is InChI=1S/C17H18N4O7S/c1-3-16(17(22)18-12-6-4-8-14(10-12)20(23)24)19(29(2,27)28)13-7-5-9-15(11-13)21(25)26/h4-11,16H,3H2,1-2H3,(H,18,22). The first-order chi connectivity index (χ1) is 13.5. The second kappa shape index (κ2) is 8.65. The van der Waals surface area contributed by atoms with Crippen LogP contribution in [-0.4, -0.2) is 36.5 Å². The van der Waals surface area contributed by atoms with Crippen molar-refractivity contribution in [2.45, 2.75) is 19.4 Å². The van der Waals surface area contributed by atoms with E-state index < -0.39 is 31.8 Å². The lowest BCUT2D eigenvalue weighted by molar-refractivity contribution is -0.385. The molecule has 0 spiro atoms. The Morgan fingerprint density at radius 2 is 1.62 bits per heavy atom. The van der Waals surface area contributed by atoms with Crippen molar-refractivity contribution in [1.29, 1.82) is 0 Å². The number of nitro benzene ring substituents is 2. The summed E-state index contributed by atoms with van der Waals surface area (Å²) < 4.78 is 25.6. The minimum atomic E-state index is -3.99. The van der Waals surface area contributed by atoms with Gasteiger partial charge in [0.05, 0.1) is 21.8 Å². The number of amides is 1. The van der Waals surface area contributed by atoms with Crippen LogP contribution in [0.4, 0.5) is 22.7 Å². The highest BCUT2D eigenvalue weighted by Gasteiger charge is 2.32. The van der Waals surface area contributed by atoms with Crippen molar-refractivity contribution in [2.75, 3.05) is 15.9 Å². The lowest BCUT2D eigenvalue weighted by Gasteiger charge is -2.29. The average molecular weight is 422 g/mol. The highest BCUT2D eigenvalue weighted by atomic mass is 32.2. The van der Waals surface area contributed by atoms with Crippen LogP contribution >= 0.6 is 0 Å². The Bertz CT molecular complexity index is 1060. The molecule has 0 saturated heterocycles. The van der Waals surface area contributed by atoms with E-state index >= 15 is 0 Å². The van der Waals surface area contributed by atoms with Crippen LogP contribution in [-0.2, 0) is 14.8 Å². The summed E-state index contributed by atoms with van der Waals surface area (Å²) in [5, 5.41) is 24.4. The van der Waals surface area contributed by atoms with Crippen molar-refractivity contribution >= 4 is 38.7 Å². The van der Waals surface area contributed by atoms with Gasteiger partial charge in [0, 0.05) is 30.0 Å². The molecule has 29 heavy (non-hydrogen) atoms. The van der Waals surface area contributed by atoms with Crippen LogP contribution in [0.5, 0.6) is 0 Å². The number of non-ortho nitro benzene ring substituents is 2. The van der Waals surface area contributed by atoms with Gasteiger partial charge in [-0.3, -0.25) is 29.3 Å². The van der Waals surface area contributed by atoms with E-state index in [0.29, 0.717) is 0 Å². The molecule has 1 amide bonds. The first-order valence-electron chi connectivity index (χ1n) is 8.33. The third-order valence-electron chi connectivity index (χ3n) is 3.95. The normalized spacial score (nSPS) is 12.1. The van der Waals surface area contributed by atoms with E-state index in [2.05, 4.69) is 5.32 Å². The quantitative estimate of drug-likeness (QED) is 0.507. The molecule has 154 valence electrons. The minimum Gasteiger partial charge on any atom is -0.324 e. The zero-order chi connectivity index (χ0) is 21.8. The lowest BCUT2D eigenvalue weighted by Crippen LogP contribution is -2.47. The van der Waals surface area contributed by atoms with Crippen LogP contribution in [0, 0.1) is 20.2 Å². The first-order valence-corrected chi connectivity index (χ1v) is 10.2. The number of nitrogens with one attached hydrogen (secondary N) is 1. The van der Waals surface area contributed by atoms with Gasteiger partial charge in [-0.15, -0.1) is 0 Å². The molecule has 2 aromatic rings. The van der Waals surface area contributed by atoms with Crippen LogP contribution in [0.1, 0.15) is 13.3 Å². The first kappa shape index (κ1) is 21.8. The van der Waals surface area contributed by atoms with Gasteiger partial charge in [-0.2, -0.15) is 0 Å². The number of nitrogens with zero attached hydrogens (tertiary/aromatic N) is 3. The summed E-state index contributed by atoms with van der Waals surface area (Å²) in [4.78, 5) is 33.4. The molecule has 1 unspecified atom stereocenters. The number of carbonyl (C=O) groups is 1. The molecule has 0 heterocycles. The maximum Gasteiger partial charge on any atom is 0.271 e. The van der Waals surface area contributed by atoms with E-state index in [1.165, 1.54) is 36.4 Å². The molecule has 12 heteroatoms. The van der Waals surface area contributed by atoms with E-state index in [1.807, 2.05) is 0 Å². The van der Waals surface area contributed by atoms with Crippen molar-refractivity contribution in [1.82, 2.24) is 0 Å². The third-order valence-corrected chi connectivity index (χ3v) is 5.13. The number of sulfonamides is 1. The Morgan fingerprint density at radius 3 is 2.14 bits per heavy atom. The zero-order valence-corrected chi connectivity index (χ0v) is 16.3. The predicted octanol–water partition coefficient (Wildman–Crippen LogP) is 2.69. The number of anilines is 2. The monoisotopic (exact) mass is 422 g/mol. The number of carbonyl (C=O) groups excluding carboxylic acids is 1. The molecular weight excluding hydrogens is 404 g/mol. The molecule has 0 aliphatic heterocycles. The summed E-state index contributed by atoms with van der Waals surface area (Å²) in [7, 11) is -3.99. The van der Waals surface area contributed by atoms with Crippen molar-refractivity contribution < 1.29 is 23.1 Å². The van der Waals surface area contributed by atoms with E-state index in [0.717, 1.165) is 22.7 Å². The second-order valence-electron chi connectivity index (χ2n) is 6.06. The summed E-state index contributed by atoms with van der Waals surface area (Å²) in [6.45, 7) is 1.58. The average Bonchev–Trinajstić information content (AvgIpc) is 2.65. The Labute approximate surface area is 166 Å². The molecule has 0 bridgehead atoms. The fraction of sp³-hybridized carbons (Fsp3) is 0.235. The molecule has 0 fully saturated rings. The lowest BCUT2D eigenvalue weighted by atomic mass is 10.1. The van der Waals surface area contributed by atoms with Crippen LogP contribution in [0.25, 0.3) is 0 Å². The van der Waals surface area contributed by atoms with Crippen LogP contribution in [0.15, 0.2) is 48.5 Å². The molecule has 2 aromatic carbocycles. The van der Waals surface area contributed by atoms with Crippen LogP contribution in [0.2, 0.25) is 0 Å². The maximum absolute atomic E-state index is 12.8. The fourth-order valence-electron chi connectivity index (χ4n) is 2.73. The SMILES string of the molecule is CCC(C(=O)Nc1cccc([N+](=O)[O-])c1)N(c1cccc([N+](=O)[O-])c1)S(C)(=O)=O. The topological polar surface area (TPSA) is 153 Å². The van der Waals surface area contributed by atoms with Gasteiger partial charge in [-0.25, -0.2) is 8.42 Å². The number of benzene rings is 2. The van der Waals surface area contributed by atoms with Crippen LogP contribution in [0.3, 0.4) is 0 Å². The van der Waals surface area contributed by atoms with Gasteiger partial charge < -0.3 is 5.32 Å². The summed E-state index contributed by atoms with van der Waals surface area (Å²) >= 11 is 0. The Morgan fingerprint density at radius 1 is 1.07 bits per heavy atom. The van der Waals surface area contributed by atoms with Gasteiger partial charge >= 0.3 is 0 Å². The van der Waals surface area contributed by atoms with E-state index in [4.69, 9.17) is 0 Å². The molecule has 0 saturated carbocycles. The third kappa shape index (κ3) is 5.25. The zero-order valence-electron chi connectivity index (χ0n) is 15.5. The number of hydrogen-bond acceptors (Lipinski definition) is 7. The smallest absolute Gasteiger partial charge is 0.271 e. The summed E-state index contributed by atoms with van der Waals surface area (Å²) in [5.41, 5.74) is -0.488. The highest BCUT2D eigenvalue weighted by molar-refractivity contribution is 7.92. The highest BCUT2D eigenvalue weighted by Crippen LogP contribution is 2.27. The van der Waals surface area contributed by atoms with Gasteiger partial charge in [-0.05, 0) is 18.6 Å². The van der Waals surface area contributed by atoms with Gasteiger partial charge in [0.25, 0.3) is 11.4 Å². The van der Waals surface area contributed by atoms with Gasteiger partial charge in [0.15, 0.2) is 0 Å². The molecule has 0 aromatic heterocycles. The summed E-state index contributed by atoms with van der Waals surface area (Å²) in [5.74, 6) is -0.732. The molecule has 0 aliphatic carbocycles. The molecule has 1 N–H and O–H groups in total. The van der Waals surface area contributed by atoms with E-state index in [9.17, 15) is 33.4 Å². The van der Waals surface area contributed by atoms with Gasteiger partial charge in [0.1, 0.15) is 6.04 Å². The number of hydrogen-bond donors (Lipinski definition) is 1. The van der Waals surface area contributed by atoms with Crippen molar-refractivity contribution in [3.8, 4) is 0 Å². The second-order valence-corrected chi connectivity index (χ2v) is 7.92. The van der Waals surface area contributed by atoms with Gasteiger partial charge in [0.2, 0.25) is 15.9 Å². The maximum atomic E-state index is 12.8. The van der Waals surface area contributed by atoms with Crippen LogP contribution < -0.4 is 9.62 Å². The van der Waals surface area contributed by atoms with E-state index in [1.54, 1.807) is 6.92 Å². The number of rotatable bonds is 8. The Balaban J connectivity index is 2.42.